The van der Waals surface area contributed by atoms with E-state index >= 15 is 0 Å². The van der Waals surface area contributed by atoms with Crippen LogP contribution in [0.2, 0.25) is 0 Å². The largest absolute Gasteiger partial charge is 0.460 e. The molecule has 1 aromatic carbocycles. The van der Waals surface area contributed by atoms with Crippen molar-refractivity contribution in [2.45, 2.75) is 38.8 Å². The highest BCUT2D eigenvalue weighted by Crippen LogP contribution is 2.34. The topological polar surface area (TPSA) is 70.8 Å². The van der Waals surface area contributed by atoms with Crippen LogP contribution in [0.15, 0.2) is 18.2 Å². The lowest BCUT2D eigenvalue weighted by atomic mass is 10.0. The number of hydrogen-bond acceptors (Lipinski definition) is 5. The lowest BCUT2D eigenvalue weighted by Crippen LogP contribution is -2.26. The molecule has 1 aromatic rings. The number of fused-ring (bicyclic) bond motifs is 1. The van der Waals surface area contributed by atoms with E-state index in [2.05, 4.69) is 0 Å². The number of esters is 1. The number of benzene rings is 1. The van der Waals surface area contributed by atoms with Crippen LogP contribution < -0.4 is 15.2 Å². The van der Waals surface area contributed by atoms with Gasteiger partial charge in [0, 0.05) is 6.04 Å². The van der Waals surface area contributed by atoms with Crippen LogP contribution in [0.25, 0.3) is 0 Å². The molecule has 0 amide bonds. The van der Waals surface area contributed by atoms with Crippen LogP contribution in [-0.2, 0) is 9.53 Å². The molecule has 0 unspecified atom stereocenters. The zero-order valence-corrected chi connectivity index (χ0v) is 11.4. The van der Waals surface area contributed by atoms with Crippen molar-refractivity contribution in [3.8, 4) is 11.5 Å². The average Bonchev–Trinajstić information content (AvgIpc) is 2.72. The first kappa shape index (κ1) is 13.7. The maximum Gasteiger partial charge on any atom is 0.308 e. The molecule has 0 spiro atoms. The van der Waals surface area contributed by atoms with Gasteiger partial charge in [-0.1, -0.05) is 6.07 Å². The fourth-order valence-electron chi connectivity index (χ4n) is 1.82. The van der Waals surface area contributed by atoms with E-state index in [-0.39, 0.29) is 19.2 Å². The van der Waals surface area contributed by atoms with Crippen molar-refractivity contribution in [2.24, 2.45) is 5.73 Å². The molecule has 0 saturated carbocycles. The maximum atomic E-state index is 11.7. The minimum Gasteiger partial charge on any atom is -0.460 e. The Bertz CT molecular complexity index is 479. The monoisotopic (exact) mass is 265 g/mol. The quantitative estimate of drug-likeness (QED) is 0.848. The van der Waals surface area contributed by atoms with Gasteiger partial charge in [0.05, 0.1) is 6.42 Å². The Balaban J connectivity index is 2.00. The van der Waals surface area contributed by atoms with E-state index in [9.17, 15) is 4.79 Å². The van der Waals surface area contributed by atoms with E-state index in [1.807, 2.05) is 26.8 Å². The standard InChI is InChI=1S/C14H19NO4/c1-14(2,3)19-13(16)7-10(15)9-4-5-11-12(6-9)18-8-17-11/h4-6,10H,7-8,15H2,1-3H3/t10-/m1/s1. The highest BCUT2D eigenvalue weighted by Gasteiger charge is 2.21. The Labute approximate surface area is 112 Å². The molecule has 2 rings (SSSR count). The van der Waals surface area contributed by atoms with Gasteiger partial charge in [-0.3, -0.25) is 4.79 Å². The third kappa shape index (κ3) is 3.61. The summed E-state index contributed by atoms with van der Waals surface area (Å²) in [5, 5.41) is 0. The Kier molecular flexibility index (Phi) is 3.66. The van der Waals surface area contributed by atoms with Crippen molar-refractivity contribution < 1.29 is 19.0 Å². The molecule has 0 fully saturated rings. The smallest absolute Gasteiger partial charge is 0.308 e. The molecule has 1 aliphatic heterocycles. The summed E-state index contributed by atoms with van der Waals surface area (Å²) >= 11 is 0. The summed E-state index contributed by atoms with van der Waals surface area (Å²) < 4.78 is 15.8. The molecule has 0 saturated heterocycles. The van der Waals surface area contributed by atoms with Crippen LogP contribution in [0, 0.1) is 0 Å². The predicted octanol–water partition coefficient (Wildman–Crippen LogP) is 2.15. The summed E-state index contributed by atoms with van der Waals surface area (Å²) in [4.78, 5) is 11.7. The average molecular weight is 265 g/mol. The number of hydrogen-bond donors (Lipinski definition) is 1. The summed E-state index contributed by atoms with van der Waals surface area (Å²) in [5.74, 6) is 1.06. The van der Waals surface area contributed by atoms with Gasteiger partial charge in [0.25, 0.3) is 0 Å². The van der Waals surface area contributed by atoms with Crippen LogP contribution in [-0.4, -0.2) is 18.4 Å². The van der Waals surface area contributed by atoms with E-state index in [1.54, 1.807) is 12.1 Å². The molecular formula is C14H19NO4. The third-order valence-electron chi connectivity index (χ3n) is 2.63. The van der Waals surface area contributed by atoms with Crippen LogP contribution in [0.3, 0.4) is 0 Å². The molecule has 0 aliphatic carbocycles. The van der Waals surface area contributed by atoms with Gasteiger partial charge in [-0.15, -0.1) is 0 Å². The molecular weight excluding hydrogens is 246 g/mol. The lowest BCUT2D eigenvalue weighted by molar-refractivity contribution is -0.155. The summed E-state index contributed by atoms with van der Waals surface area (Å²) in [6.45, 7) is 5.71. The first-order valence-electron chi connectivity index (χ1n) is 6.22. The van der Waals surface area contributed by atoms with E-state index in [0.717, 1.165) is 5.56 Å². The highest BCUT2D eigenvalue weighted by atomic mass is 16.7. The third-order valence-corrected chi connectivity index (χ3v) is 2.63. The number of rotatable bonds is 3. The van der Waals surface area contributed by atoms with Crippen molar-refractivity contribution in [3.63, 3.8) is 0 Å². The SMILES string of the molecule is CC(C)(C)OC(=O)C[C@@H](N)c1ccc2c(c1)OCO2. The predicted molar refractivity (Wildman–Crippen MR) is 70.0 cm³/mol. The van der Waals surface area contributed by atoms with Crippen molar-refractivity contribution in [1.29, 1.82) is 0 Å². The molecule has 0 bridgehead atoms. The molecule has 0 aromatic heterocycles. The molecule has 2 N–H and O–H groups in total. The molecule has 5 nitrogen and oxygen atoms in total. The van der Waals surface area contributed by atoms with E-state index in [4.69, 9.17) is 19.9 Å². The molecule has 5 heteroatoms. The Morgan fingerprint density at radius 2 is 2.05 bits per heavy atom. The molecule has 19 heavy (non-hydrogen) atoms. The molecule has 1 heterocycles. The maximum absolute atomic E-state index is 11.7. The van der Waals surface area contributed by atoms with Crippen LogP contribution in [0.1, 0.15) is 38.8 Å². The second-order valence-corrected chi connectivity index (χ2v) is 5.51. The summed E-state index contributed by atoms with van der Waals surface area (Å²) in [6.07, 6.45) is 0.136. The molecule has 0 radical (unpaired) electrons. The summed E-state index contributed by atoms with van der Waals surface area (Å²) in [6, 6.07) is 5.02. The fraction of sp³-hybridized carbons (Fsp3) is 0.500. The summed E-state index contributed by atoms with van der Waals surface area (Å²) in [7, 11) is 0. The van der Waals surface area contributed by atoms with Crippen LogP contribution in [0.5, 0.6) is 11.5 Å². The van der Waals surface area contributed by atoms with Gasteiger partial charge in [-0.05, 0) is 38.5 Å². The first-order chi connectivity index (χ1) is 8.85. The van der Waals surface area contributed by atoms with Crippen molar-refractivity contribution in [3.05, 3.63) is 23.8 Å². The fourth-order valence-corrected chi connectivity index (χ4v) is 1.82. The van der Waals surface area contributed by atoms with Gasteiger partial charge < -0.3 is 19.9 Å². The Morgan fingerprint density at radius 1 is 1.37 bits per heavy atom. The highest BCUT2D eigenvalue weighted by molar-refractivity contribution is 5.71. The van der Waals surface area contributed by atoms with E-state index in [1.165, 1.54) is 0 Å². The Morgan fingerprint density at radius 3 is 2.74 bits per heavy atom. The first-order valence-corrected chi connectivity index (χ1v) is 6.22. The molecule has 1 atom stereocenters. The second kappa shape index (κ2) is 5.09. The number of carbonyl (C=O) groups excluding carboxylic acids is 1. The zero-order valence-electron chi connectivity index (χ0n) is 11.4. The van der Waals surface area contributed by atoms with Gasteiger partial charge in [-0.2, -0.15) is 0 Å². The van der Waals surface area contributed by atoms with Gasteiger partial charge >= 0.3 is 5.97 Å². The zero-order chi connectivity index (χ0) is 14.0. The minimum absolute atomic E-state index is 0.136. The number of ether oxygens (including phenoxy) is 3. The second-order valence-electron chi connectivity index (χ2n) is 5.51. The van der Waals surface area contributed by atoms with Crippen molar-refractivity contribution in [1.82, 2.24) is 0 Å². The van der Waals surface area contributed by atoms with Crippen LogP contribution in [0.4, 0.5) is 0 Å². The van der Waals surface area contributed by atoms with E-state index < -0.39 is 11.6 Å². The van der Waals surface area contributed by atoms with Gasteiger partial charge in [0.15, 0.2) is 11.5 Å². The lowest BCUT2D eigenvalue weighted by Gasteiger charge is -2.21. The van der Waals surface area contributed by atoms with Gasteiger partial charge in [0.1, 0.15) is 5.60 Å². The normalized spacial score (nSPS) is 15.2. The molecule has 1 aliphatic rings. The summed E-state index contributed by atoms with van der Waals surface area (Å²) in [5.41, 5.74) is 6.35. The van der Waals surface area contributed by atoms with Crippen LogP contribution >= 0.6 is 0 Å². The Hall–Kier alpha value is -1.75. The van der Waals surface area contributed by atoms with Crippen molar-refractivity contribution >= 4 is 5.97 Å². The van der Waals surface area contributed by atoms with E-state index in [0.29, 0.717) is 11.5 Å². The number of carbonyl (C=O) groups is 1. The minimum atomic E-state index is -0.494. The van der Waals surface area contributed by atoms with Gasteiger partial charge in [0.2, 0.25) is 6.79 Å². The number of nitrogens with two attached hydrogens (primary N) is 1. The van der Waals surface area contributed by atoms with Crippen molar-refractivity contribution in [2.75, 3.05) is 6.79 Å². The van der Waals surface area contributed by atoms with Gasteiger partial charge in [-0.25, -0.2) is 0 Å². The molecule has 104 valence electrons.